The van der Waals surface area contributed by atoms with Crippen molar-refractivity contribution in [3.63, 3.8) is 0 Å². The SMILES string of the molecule is [C]1NCC=CS1. The fourth-order valence-corrected chi connectivity index (χ4v) is 0.700. The third-order valence-corrected chi connectivity index (χ3v) is 1.11. The normalized spacial score (nSPS) is 21.3. The van der Waals surface area contributed by atoms with E-state index in [1.807, 2.05) is 5.41 Å². The molecule has 0 fully saturated rings. The van der Waals surface area contributed by atoms with Crippen LogP contribution in [0.3, 0.4) is 0 Å². The topological polar surface area (TPSA) is 12.0 Å². The summed E-state index contributed by atoms with van der Waals surface area (Å²) >= 11 is 1.55. The average molecular weight is 99.2 g/mol. The molecule has 0 bridgehead atoms. The van der Waals surface area contributed by atoms with Crippen LogP contribution in [0.1, 0.15) is 0 Å². The van der Waals surface area contributed by atoms with E-state index in [0.29, 0.717) is 0 Å². The zero-order valence-corrected chi connectivity index (χ0v) is 4.09. The minimum atomic E-state index is 0.938. The van der Waals surface area contributed by atoms with Gasteiger partial charge in [0.25, 0.3) is 0 Å². The van der Waals surface area contributed by atoms with Crippen LogP contribution < -0.4 is 5.32 Å². The number of hydrogen-bond acceptors (Lipinski definition) is 2. The van der Waals surface area contributed by atoms with Gasteiger partial charge in [0.1, 0.15) is 5.88 Å². The summed E-state index contributed by atoms with van der Waals surface area (Å²) in [6.07, 6.45) is 2.06. The number of thioether (sulfide) groups is 1. The Hall–Kier alpha value is 0.0500. The van der Waals surface area contributed by atoms with Crippen molar-refractivity contribution in [2.45, 2.75) is 0 Å². The summed E-state index contributed by atoms with van der Waals surface area (Å²) in [7, 11) is 0. The zero-order chi connectivity index (χ0) is 4.24. The molecule has 2 radical (unpaired) electrons. The van der Waals surface area contributed by atoms with Gasteiger partial charge in [-0.1, -0.05) is 6.08 Å². The highest BCUT2D eigenvalue weighted by Gasteiger charge is 1.87. The van der Waals surface area contributed by atoms with Crippen molar-refractivity contribution in [1.29, 1.82) is 0 Å². The standard InChI is InChI=1S/C4H5NS/c1-2-5-4-6-3-1/h1,3,5H,2H2. The first kappa shape index (κ1) is 4.22. The van der Waals surface area contributed by atoms with E-state index in [-0.39, 0.29) is 0 Å². The van der Waals surface area contributed by atoms with Gasteiger partial charge in [-0.3, -0.25) is 5.32 Å². The van der Waals surface area contributed by atoms with Crippen LogP contribution in [0.4, 0.5) is 0 Å². The second-order valence-electron chi connectivity index (χ2n) is 0.973. The van der Waals surface area contributed by atoms with Crippen molar-refractivity contribution in [2.24, 2.45) is 0 Å². The number of rotatable bonds is 0. The predicted octanol–water partition coefficient (Wildman–Crippen LogP) is 0.833. The van der Waals surface area contributed by atoms with E-state index in [0.717, 1.165) is 6.54 Å². The monoisotopic (exact) mass is 99.0 g/mol. The van der Waals surface area contributed by atoms with Crippen molar-refractivity contribution in [2.75, 3.05) is 6.54 Å². The van der Waals surface area contributed by atoms with Gasteiger partial charge in [0.2, 0.25) is 0 Å². The molecule has 0 unspecified atom stereocenters. The van der Waals surface area contributed by atoms with E-state index < -0.39 is 0 Å². The molecule has 0 amide bonds. The number of hydrogen-bond donors (Lipinski definition) is 1. The van der Waals surface area contributed by atoms with Crippen molar-refractivity contribution in [3.8, 4) is 0 Å². The first-order chi connectivity index (χ1) is 3.00. The maximum absolute atomic E-state index is 2.91. The summed E-state index contributed by atoms with van der Waals surface area (Å²) < 4.78 is 0. The Labute approximate surface area is 41.8 Å². The van der Waals surface area contributed by atoms with Crippen LogP contribution in [0.5, 0.6) is 0 Å². The fraction of sp³-hybridized carbons (Fsp3) is 0.250. The molecule has 0 aromatic rings. The molecule has 1 nitrogen and oxygen atoms in total. The van der Waals surface area contributed by atoms with Crippen LogP contribution in [0.2, 0.25) is 0 Å². The molecular weight excluding hydrogens is 94.1 g/mol. The van der Waals surface area contributed by atoms with Crippen molar-refractivity contribution in [1.82, 2.24) is 5.32 Å². The molecule has 0 aliphatic carbocycles. The van der Waals surface area contributed by atoms with Crippen LogP contribution in [0.15, 0.2) is 11.5 Å². The highest BCUT2D eigenvalue weighted by Crippen LogP contribution is 2.06. The Kier molecular flexibility index (Phi) is 1.59. The Balaban J connectivity index is 2.26. The molecule has 1 aliphatic rings. The van der Waals surface area contributed by atoms with E-state index in [1.165, 1.54) is 0 Å². The van der Waals surface area contributed by atoms with Crippen LogP contribution >= 0.6 is 11.8 Å². The van der Waals surface area contributed by atoms with Gasteiger partial charge in [0.05, 0.1) is 0 Å². The molecule has 2 heteroatoms. The lowest BCUT2D eigenvalue weighted by molar-refractivity contribution is 0.959. The van der Waals surface area contributed by atoms with E-state index >= 15 is 0 Å². The molecule has 0 aromatic heterocycles. The summed E-state index contributed by atoms with van der Waals surface area (Å²) in [5.41, 5.74) is 0. The van der Waals surface area contributed by atoms with Gasteiger partial charge in [0.15, 0.2) is 0 Å². The fourth-order valence-electron chi connectivity index (χ4n) is 0.273. The molecule has 1 heterocycles. The molecule has 6 heavy (non-hydrogen) atoms. The largest absolute Gasteiger partial charge is 0.294 e. The summed E-state index contributed by atoms with van der Waals surface area (Å²) in [4.78, 5) is 0. The van der Waals surface area contributed by atoms with Gasteiger partial charge in [-0.25, -0.2) is 0 Å². The third-order valence-electron chi connectivity index (χ3n) is 0.515. The molecule has 32 valence electrons. The lowest BCUT2D eigenvalue weighted by Gasteiger charge is -1.98. The lowest BCUT2D eigenvalue weighted by Crippen LogP contribution is -2.08. The van der Waals surface area contributed by atoms with Gasteiger partial charge in [-0.15, -0.1) is 11.8 Å². The first-order valence-corrected chi connectivity index (χ1v) is 2.66. The smallest absolute Gasteiger partial charge is 0.131 e. The molecule has 0 saturated heterocycles. The van der Waals surface area contributed by atoms with Crippen LogP contribution in [-0.2, 0) is 0 Å². The second-order valence-corrected chi connectivity index (χ2v) is 1.68. The Morgan fingerprint density at radius 2 is 2.83 bits per heavy atom. The Morgan fingerprint density at radius 1 is 1.83 bits per heavy atom. The van der Waals surface area contributed by atoms with Crippen LogP contribution in [-0.4, -0.2) is 6.54 Å². The average Bonchev–Trinajstić information content (AvgIpc) is 1.72. The van der Waals surface area contributed by atoms with E-state index in [9.17, 15) is 0 Å². The summed E-state index contributed by atoms with van der Waals surface area (Å²) in [6.45, 7) is 0.938. The van der Waals surface area contributed by atoms with Gasteiger partial charge in [-0.2, -0.15) is 0 Å². The predicted molar refractivity (Wildman–Crippen MR) is 28.0 cm³/mol. The van der Waals surface area contributed by atoms with Crippen molar-refractivity contribution >= 4 is 11.8 Å². The maximum atomic E-state index is 2.91. The van der Waals surface area contributed by atoms with Gasteiger partial charge < -0.3 is 0 Å². The molecule has 0 saturated carbocycles. The molecule has 0 atom stereocenters. The highest BCUT2D eigenvalue weighted by atomic mass is 32.2. The van der Waals surface area contributed by atoms with Gasteiger partial charge >= 0.3 is 0 Å². The second kappa shape index (κ2) is 2.26. The van der Waals surface area contributed by atoms with Gasteiger partial charge in [-0.05, 0) is 5.41 Å². The van der Waals surface area contributed by atoms with E-state index in [2.05, 4.69) is 17.3 Å². The van der Waals surface area contributed by atoms with Crippen LogP contribution in [0, 0.1) is 5.88 Å². The quantitative estimate of drug-likeness (QED) is 0.483. The third kappa shape index (κ3) is 1.03. The molecule has 0 aromatic carbocycles. The summed E-state index contributed by atoms with van der Waals surface area (Å²) in [5.74, 6) is 2.86. The molecular formula is C4H5NS. The Bertz CT molecular complexity index is 52.6. The molecule has 0 spiro atoms. The van der Waals surface area contributed by atoms with Crippen molar-refractivity contribution in [3.05, 3.63) is 17.4 Å². The zero-order valence-electron chi connectivity index (χ0n) is 3.27. The Morgan fingerprint density at radius 3 is 3.00 bits per heavy atom. The molecule has 1 aliphatic heterocycles. The lowest BCUT2D eigenvalue weighted by atomic mass is 10.6. The minimum Gasteiger partial charge on any atom is -0.294 e. The highest BCUT2D eigenvalue weighted by molar-refractivity contribution is 8.04. The van der Waals surface area contributed by atoms with E-state index in [1.54, 1.807) is 11.8 Å². The molecule has 1 rings (SSSR count). The first-order valence-electron chi connectivity index (χ1n) is 1.78. The number of nitrogens with one attached hydrogen (secondary N) is 1. The van der Waals surface area contributed by atoms with E-state index in [4.69, 9.17) is 0 Å². The maximum Gasteiger partial charge on any atom is 0.131 e. The van der Waals surface area contributed by atoms with Crippen LogP contribution in [0.25, 0.3) is 0 Å². The van der Waals surface area contributed by atoms with Crippen molar-refractivity contribution < 1.29 is 0 Å². The molecule has 1 N–H and O–H groups in total. The summed E-state index contributed by atoms with van der Waals surface area (Å²) in [6, 6.07) is 0. The summed E-state index contributed by atoms with van der Waals surface area (Å²) in [5, 5.41) is 4.92. The van der Waals surface area contributed by atoms with Gasteiger partial charge in [0, 0.05) is 6.54 Å². The minimum absolute atomic E-state index is 0.938.